The molecule has 0 unspecified atom stereocenters. The van der Waals surface area contributed by atoms with Crippen molar-refractivity contribution in [2.45, 2.75) is 18.9 Å². The highest BCUT2D eigenvalue weighted by Gasteiger charge is 2.15. The maximum Gasteiger partial charge on any atom is 0.237 e. The Morgan fingerprint density at radius 2 is 2.30 bits per heavy atom. The fourth-order valence-corrected chi connectivity index (χ4v) is 2.50. The summed E-state index contributed by atoms with van der Waals surface area (Å²) in [4.78, 5) is 12.8. The first-order valence-corrected chi connectivity index (χ1v) is 7.62. The van der Waals surface area contributed by atoms with Crippen LogP contribution < -0.4 is 26.4 Å². The van der Waals surface area contributed by atoms with Crippen LogP contribution in [-0.4, -0.2) is 41.2 Å². The van der Waals surface area contributed by atoms with Gasteiger partial charge in [0.05, 0.1) is 19.0 Å². The molecule has 1 aliphatic heterocycles. The molecule has 0 aromatic carbocycles. The van der Waals surface area contributed by atoms with Crippen molar-refractivity contribution < 1.29 is 4.74 Å². The van der Waals surface area contributed by atoms with Crippen LogP contribution in [-0.2, 0) is 0 Å². The highest BCUT2D eigenvalue weighted by atomic mass is 16.5. The van der Waals surface area contributed by atoms with Gasteiger partial charge in [0.15, 0.2) is 5.82 Å². The van der Waals surface area contributed by atoms with Crippen LogP contribution in [0.1, 0.15) is 12.8 Å². The number of nitrogen functional groups attached to an aromatic ring is 1. The van der Waals surface area contributed by atoms with Crippen LogP contribution in [0.2, 0.25) is 0 Å². The number of pyridine rings is 1. The SMILES string of the molecule is COc1ncccc1Nc1ncc(N)c(N[C@@H]2CCCNC2)n1. The number of ether oxygens (including phenoxy) is 1. The van der Waals surface area contributed by atoms with Crippen LogP contribution in [0.3, 0.4) is 0 Å². The second-order valence-electron chi connectivity index (χ2n) is 5.37. The molecule has 23 heavy (non-hydrogen) atoms. The van der Waals surface area contributed by atoms with Gasteiger partial charge in [0.25, 0.3) is 0 Å². The Morgan fingerprint density at radius 3 is 3.09 bits per heavy atom. The molecule has 2 aromatic heterocycles. The van der Waals surface area contributed by atoms with Crippen molar-refractivity contribution in [1.29, 1.82) is 0 Å². The number of rotatable bonds is 5. The van der Waals surface area contributed by atoms with Crippen molar-refractivity contribution in [3.8, 4) is 5.88 Å². The first-order chi connectivity index (χ1) is 11.3. The van der Waals surface area contributed by atoms with Gasteiger partial charge >= 0.3 is 0 Å². The molecule has 122 valence electrons. The van der Waals surface area contributed by atoms with Gasteiger partial charge in [-0.25, -0.2) is 9.97 Å². The van der Waals surface area contributed by atoms with Crippen molar-refractivity contribution in [3.63, 3.8) is 0 Å². The Hall–Kier alpha value is -2.61. The van der Waals surface area contributed by atoms with Crippen LogP contribution >= 0.6 is 0 Å². The normalized spacial score (nSPS) is 17.5. The van der Waals surface area contributed by atoms with E-state index < -0.39 is 0 Å². The summed E-state index contributed by atoms with van der Waals surface area (Å²) in [7, 11) is 1.57. The van der Waals surface area contributed by atoms with Gasteiger partial charge in [-0.05, 0) is 31.5 Å². The maximum absolute atomic E-state index is 5.98. The van der Waals surface area contributed by atoms with E-state index in [9.17, 15) is 0 Å². The predicted octanol–water partition coefficient (Wildman–Crippen LogP) is 1.37. The predicted molar refractivity (Wildman–Crippen MR) is 90.0 cm³/mol. The van der Waals surface area contributed by atoms with E-state index in [4.69, 9.17) is 10.5 Å². The number of piperidine rings is 1. The first-order valence-electron chi connectivity index (χ1n) is 7.62. The molecule has 0 radical (unpaired) electrons. The molecule has 1 fully saturated rings. The van der Waals surface area contributed by atoms with Crippen LogP contribution in [0.5, 0.6) is 5.88 Å². The minimum atomic E-state index is 0.321. The number of nitrogens with two attached hydrogens (primary N) is 1. The molecule has 3 heterocycles. The largest absolute Gasteiger partial charge is 0.480 e. The molecular formula is C15H21N7O. The number of aromatic nitrogens is 3. The number of hydrogen-bond acceptors (Lipinski definition) is 8. The van der Waals surface area contributed by atoms with Crippen molar-refractivity contribution in [2.24, 2.45) is 0 Å². The lowest BCUT2D eigenvalue weighted by atomic mass is 10.1. The zero-order valence-electron chi connectivity index (χ0n) is 13.0. The van der Waals surface area contributed by atoms with Crippen molar-refractivity contribution in [2.75, 3.05) is 36.6 Å². The summed E-state index contributed by atoms with van der Waals surface area (Å²) in [6.45, 7) is 1.97. The number of nitrogens with zero attached hydrogens (tertiary/aromatic N) is 3. The molecule has 0 spiro atoms. The number of nitrogens with one attached hydrogen (secondary N) is 3. The van der Waals surface area contributed by atoms with Crippen molar-refractivity contribution >= 4 is 23.1 Å². The lowest BCUT2D eigenvalue weighted by Gasteiger charge is -2.24. The summed E-state index contributed by atoms with van der Waals surface area (Å²) in [5.74, 6) is 1.56. The van der Waals surface area contributed by atoms with Gasteiger partial charge in [0.1, 0.15) is 5.69 Å². The number of anilines is 4. The molecule has 1 saturated heterocycles. The Balaban J connectivity index is 1.76. The second kappa shape index (κ2) is 7.10. The summed E-state index contributed by atoms with van der Waals surface area (Å²) in [5, 5.41) is 9.84. The Morgan fingerprint density at radius 1 is 1.39 bits per heavy atom. The quantitative estimate of drug-likeness (QED) is 0.655. The molecule has 5 N–H and O–H groups in total. The third-order valence-corrected chi connectivity index (χ3v) is 3.67. The maximum atomic E-state index is 5.98. The van der Waals surface area contributed by atoms with E-state index in [2.05, 4.69) is 30.9 Å². The topological polar surface area (TPSA) is 110 Å². The van der Waals surface area contributed by atoms with E-state index in [0.717, 1.165) is 25.9 Å². The van der Waals surface area contributed by atoms with E-state index in [-0.39, 0.29) is 0 Å². The molecule has 0 aliphatic carbocycles. The lowest BCUT2D eigenvalue weighted by Crippen LogP contribution is -2.38. The van der Waals surface area contributed by atoms with Crippen LogP contribution in [0, 0.1) is 0 Å². The van der Waals surface area contributed by atoms with Gasteiger partial charge in [0.2, 0.25) is 11.8 Å². The summed E-state index contributed by atoms with van der Waals surface area (Å²) in [5.41, 5.74) is 7.21. The lowest BCUT2D eigenvalue weighted by molar-refractivity contribution is 0.400. The van der Waals surface area contributed by atoms with E-state index in [0.29, 0.717) is 35.1 Å². The highest BCUT2D eigenvalue weighted by molar-refractivity contribution is 5.65. The molecule has 2 aromatic rings. The zero-order valence-corrected chi connectivity index (χ0v) is 13.0. The third-order valence-electron chi connectivity index (χ3n) is 3.67. The first kappa shape index (κ1) is 15.3. The van der Waals surface area contributed by atoms with Crippen LogP contribution in [0.25, 0.3) is 0 Å². The van der Waals surface area contributed by atoms with Crippen molar-refractivity contribution in [1.82, 2.24) is 20.3 Å². The van der Waals surface area contributed by atoms with Gasteiger partial charge in [-0.1, -0.05) is 0 Å². The summed E-state index contributed by atoms with van der Waals surface area (Å²) in [6.07, 6.45) is 5.49. The average Bonchev–Trinajstić information content (AvgIpc) is 2.59. The van der Waals surface area contributed by atoms with Gasteiger partial charge in [-0.3, -0.25) is 0 Å². The van der Waals surface area contributed by atoms with E-state index in [1.54, 1.807) is 19.5 Å². The van der Waals surface area contributed by atoms with Gasteiger partial charge in [-0.2, -0.15) is 4.98 Å². The van der Waals surface area contributed by atoms with E-state index >= 15 is 0 Å². The van der Waals surface area contributed by atoms with Gasteiger partial charge in [-0.15, -0.1) is 0 Å². The zero-order chi connectivity index (χ0) is 16.1. The van der Waals surface area contributed by atoms with E-state index in [1.807, 2.05) is 12.1 Å². The smallest absolute Gasteiger partial charge is 0.237 e. The van der Waals surface area contributed by atoms with E-state index in [1.165, 1.54) is 0 Å². The monoisotopic (exact) mass is 315 g/mol. The van der Waals surface area contributed by atoms with Crippen LogP contribution in [0.15, 0.2) is 24.5 Å². The summed E-state index contributed by atoms with van der Waals surface area (Å²) >= 11 is 0. The van der Waals surface area contributed by atoms with Gasteiger partial charge in [0, 0.05) is 18.8 Å². The Labute approximate surface area is 134 Å². The van der Waals surface area contributed by atoms with Crippen LogP contribution in [0.4, 0.5) is 23.1 Å². The molecule has 1 atom stereocenters. The summed E-state index contributed by atoms with van der Waals surface area (Å²) < 4.78 is 5.22. The second-order valence-corrected chi connectivity index (χ2v) is 5.37. The Bertz CT molecular complexity index is 658. The number of methoxy groups -OCH3 is 1. The standard InChI is InChI=1S/C15H21N7O/c1-23-14-12(5-3-7-18-14)21-15-19-9-11(16)13(22-15)20-10-4-2-6-17-8-10/h3,5,7,9-10,17H,2,4,6,8,16H2,1H3,(H2,19,20,21,22)/t10-/m1/s1. The highest BCUT2D eigenvalue weighted by Crippen LogP contribution is 2.25. The minimum Gasteiger partial charge on any atom is -0.480 e. The fourth-order valence-electron chi connectivity index (χ4n) is 2.50. The molecule has 8 heteroatoms. The molecule has 0 bridgehead atoms. The molecular weight excluding hydrogens is 294 g/mol. The number of hydrogen-bond donors (Lipinski definition) is 4. The Kier molecular flexibility index (Phi) is 4.72. The molecule has 3 rings (SSSR count). The molecule has 1 aliphatic rings. The van der Waals surface area contributed by atoms with Crippen molar-refractivity contribution in [3.05, 3.63) is 24.5 Å². The third kappa shape index (κ3) is 3.78. The van der Waals surface area contributed by atoms with Gasteiger partial charge < -0.3 is 26.4 Å². The molecule has 0 amide bonds. The fraction of sp³-hybridized carbons (Fsp3) is 0.400. The summed E-state index contributed by atoms with van der Waals surface area (Å²) in [6, 6.07) is 3.99. The molecule has 8 nitrogen and oxygen atoms in total. The average molecular weight is 315 g/mol. The minimum absolute atomic E-state index is 0.321. The molecule has 0 saturated carbocycles.